The monoisotopic (exact) mass is 216 g/mol. The average molecular weight is 217 g/mol. The Morgan fingerprint density at radius 3 is 2.09 bits per heavy atom. The van der Waals surface area contributed by atoms with E-state index in [9.17, 15) is 0 Å². The standard InChI is InChI=1S/C10H17Br/c11-10-7-2-1-6-9(10)8-4-3-5-8/h8-10H,1-7H2. The molecule has 0 spiro atoms. The fourth-order valence-electron chi connectivity index (χ4n) is 2.51. The molecule has 0 N–H and O–H groups in total. The molecule has 2 fully saturated rings. The highest BCUT2D eigenvalue weighted by Crippen LogP contribution is 2.43. The molecule has 0 aliphatic heterocycles. The predicted octanol–water partition coefficient (Wildman–Crippen LogP) is 3.74. The van der Waals surface area contributed by atoms with Crippen molar-refractivity contribution < 1.29 is 0 Å². The van der Waals surface area contributed by atoms with E-state index in [2.05, 4.69) is 15.9 Å². The van der Waals surface area contributed by atoms with Crippen LogP contribution in [-0.2, 0) is 0 Å². The zero-order valence-corrected chi connectivity index (χ0v) is 8.65. The molecule has 0 aromatic carbocycles. The normalized spacial score (nSPS) is 40.1. The lowest BCUT2D eigenvalue weighted by atomic mass is 9.70. The van der Waals surface area contributed by atoms with Crippen molar-refractivity contribution in [3.8, 4) is 0 Å². The maximum Gasteiger partial charge on any atom is 0.0176 e. The van der Waals surface area contributed by atoms with Crippen LogP contribution in [0.4, 0.5) is 0 Å². The number of halogens is 1. The van der Waals surface area contributed by atoms with Crippen LogP contribution in [0.5, 0.6) is 0 Å². The molecule has 2 aliphatic rings. The number of hydrogen-bond donors (Lipinski definition) is 0. The van der Waals surface area contributed by atoms with Gasteiger partial charge in [-0.1, -0.05) is 48.0 Å². The molecule has 0 saturated heterocycles. The Morgan fingerprint density at radius 1 is 0.818 bits per heavy atom. The summed E-state index contributed by atoms with van der Waals surface area (Å²) in [5.41, 5.74) is 0. The van der Waals surface area contributed by atoms with Crippen molar-refractivity contribution in [3.63, 3.8) is 0 Å². The second-order valence-corrected chi connectivity index (χ2v) is 5.33. The van der Waals surface area contributed by atoms with Gasteiger partial charge < -0.3 is 0 Å². The molecule has 2 saturated carbocycles. The first-order valence-corrected chi connectivity index (χ1v) is 5.93. The van der Waals surface area contributed by atoms with Crippen molar-refractivity contribution >= 4 is 15.9 Å². The molecule has 2 unspecified atom stereocenters. The first-order valence-electron chi connectivity index (χ1n) is 5.02. The molecular formula is C10H17Br. The van der Waals surface area contributed by atoms with Crippen LogP contribution in [0.15, 0.2) is 0 Å². The first kappa shape index (κ1) is 8.10. The molecule has 2 atom stereocenters. The Kier molecular flexibility index (Phi) is 2.55. The van der Waals surface area contributed by atoms with Gasteiger partial charge in [-0.2, -0.15) is 0 Å². The molecule has 0 radical (unpaired) electrons. The summed E-state index contributed by atoms with van der Waals surface area (Å²) in [5.74, 6) is 2.14. The smallest absolute Gasteiger partial charge is 0.0176 e. The van der Waals surface area contributed by atoms with Gasteiger partial charge in [-0.15, -0.1) is 0 Å². The largest absolute Gasteiger partial charge is 0.0888 e. The topological polar surface area (TPSA) is 0 Å². The molecule has 2 aliphatic carbocycles. The molecule has 64 valence electrons. The predicted molar refractivity (Wildman–Crippen MR) is 52.0 cm³/mol. The summed E-state index contributed by atoms with van der Waals surface area (Å²) < 4.78 is 0. The Bertz CT molecular complexity index is 127. The third-order valence-corrected chi connectivity index (χ3v) is 4.62. The van der Waals surface area contributed by atoms with Gasteiger partial charge in [-0.25, -0.2) is 0 Å². The fourth-order valence-corrected chi connectivity index (χ4v) is 3.53. The second kappa shape index (κ2) is 3.47. The third-order valence-electron chi connectivity index (χ3n) is 3.49. The summed E-state index contributed by atoms with van der Waals surface area (Å²) >= 11 is 3.83. The van der Waals surface area contributed by atoms with Crippen LogP contribution in [-0.4, -0.2) is 4.83 Å². The molecule has 11 heavy (non-hydrogen) atoms. The number of rotatable bonds is 1. The van der Waals surface area contributed by atoms with Gasteiger partial charge in [-0.3, -0.25) is 0 Å². The van der Waals surface area contributed by atoms with Gasteiger partial charge in [0.2, 0.25) is 0 Å². The molecular weight excluding hydrogens is 200 g/mol. The Morgan fingerprint density at radius 2 is 1.55 bits per heavy atom. The van der Waals surface area contributed by atoms with Crippen LogP contribution in [0, 0.1) is 11.8 Å². The average Bonchev–Trinajstić information content (AvgIpc) is 1.90. The van der Waals surface area contributed by atoms with Crippen molar-refractivity contribution in [1.82, 2.24) is 0 Å². The molecule has 2 rings (SSSR count). The lowest BCUT2D eigenvalue weighted by molar-refractivity contribution is 0.170. The van der Waals surface area contributed by atoms with E-state index < -0.39 is 0 Å². The second-order valence-electron chi connectivity index (χ2n) is 4.16. The van der Waals surface area contributed by atoms with Gasteiger partial charge in [0.05, 0.1) is 0 Å². The summed E-state index contributed by atoms with van der Waals surface area (Å²) in [4.78, 5) is 0.863. The summed E-state index contributed by atoms with van der Waals surface area (Å²) in [6.45, 7) is 0. The highest BCUT2D eigenvalue weighted by atomic mass is 79.9. The molecule has 0 nitrogen and oxygen atoms in total. The quantitative estimate of drug-likeness (QED) is 0.587. The zero-order chi connectivity index (χ0) is 7.68. The lowest BCUT2D eigenvalue weighted by Crippen LogP contribution is -2.31. The van der Waals surface area contributed by atoms with Gasteiger partial charge in [0.15, 0.2) is 0 Å². The third kappa shape index (κ3) is 1.63. The van der Waals surface area contributed by atoms with Crippen LogP contribution < -0.4 is 0 Å². The Hall–Kier alpha value is 0.480. The fraction of sp³-hybridized carbons (Fsp3) is 1.00. The number of hydrogen-bond acceptors (Lipinski definition) is 0. The van der Waals surface area contributed by atoms with Gasteiger partial charge >= 0.3 is 0 Å². The molecule has 0 aromatic rings. The van der Waals surface area contributed by atoms with E-state index >= 15 is 0 Å². The van der Waals surface area contributed by atoms with Crippen molar-refractivity contribution in [3.05, 3.63) is 0 Å². The van der Waals surface area contributed by atoms with Crippen molar-refractivity contribution in [2.75, 3.05) is 0 Å². The summed E-state index contributed by atoms with van der Waals surface area (Å²) in [6, 6.07) is 0. The SMILES string of the molecule is BrC1CCCCC1C1CCC1. The van der Waals surface area contributed by atoms with E-state index in [1.165, 1.54) is 44.9 Å². The van der Waals surface area contributed by atoms with Crippen LogP contribution in [0.2, 0.25) is 0 Å². The van der Waals surface area contributed by atoms with Crippen molar-refractivity contribution in [2.24, 2.45) is 11.8 Å². The zero-order valence-electron chi connectivity index (χ0n) is 7.06. The summed E-state index contributed by atoms with van der Waals surface area (Å²) in [5, 5.41) is 0. The molecule has 0 bridgehead atoms. The molecule has 1 heteroatoms. The van der Waals surface area contributed by atoms with E-state index in [0.29, 0.717) is 0 Å². The van der Waals surface area contributed by atoms with Crippen LogP contribution in [0.3, 0.4) is 0 Å². The minimum atomic E-state index is 0.863. The highest BCUT2D eigenvalue weighted by Gasteiger charge is 2.33. The maximum atomic E-state index is 3.83. The van der Waals surface area contributed by atoms with E-state index in [4.69, 9.17) is 0 Å². The molecule has 0 aromatic heterocycles. The van der Waals surface area contributed by atoms with Gasteiger partial charge in [0, 0.05) is 4.83 Å². The Balaban J connectivity index is 1.88. The van der Waals surface area contributed by atoms with Crippen LogP contribution >= 0.6 is 15.9 Å². The summed E-state index contributed by atoms with van der Waals surface area (Å²) in [7, 11) is 0. The number of alkyl halides is 1. The van der Waals surface area contributed by atoms with E-state index in [1.54, 1.807) is 0 Å². The van der Waals surface area contributed by atoms with Gasteiger partial charge in [0.25, 0.3) is 0 Å². The van der Waals surface area contributed by atoms with E-state index in [-0.39, 0.29) is 0 Å². The van der Waals surface area contributed by atoms with Gasteiger partial charge in [-0.05, 0) is 24.7 Å². The van der Waals surface area contributed by atoms with Crippen molar-refractivity contribution in [2.45, 2.75) is 49.8 Å². The first-order chi connectivity index (χ1) is 5.38. The minimum Gasteiger partial charge on any atom is -0.0888 e. The molecule has 0 amide bonds. The lowest BCUT2D eigenvalue weighted by Gasteiger charge is -2.39. The maximum absolute atomic E-state index is 3.83. The van der Waals surface area contributed by atoms with Crippen LogP contribution in [0.25, 0.3) is 0 Å². The van der Waals surface area contributed by atoms with E-state index in [0.717, 1.165) is 16.7 Å². The van der Waals surface area contributed by atoms with Crippen molar-refractivity contribution in [1.29, 1.82) is 0 Å². The highest BCUT2D eigenvalue weighted by molar-refractivity contribution is 9.09. The molecule has 0 heterocycles. The van der Waals surface area contributed by atoms with E-state index in [1.807, 2.05) is 0 Å². The van der Waals surface area contributed by atoms with Crippen LogP contribution in [0.1, 0.15) is 44.9 Å². The van der Waals surface area contributed by atoms with Gasteiger partial charge in [0.1, 0.15) is 0 Å². The minimum absolute atomic E-state index is 0.863. The Labute approximate surface area is 77.9 Å². The summed E-state index contributed by atoms with van der Waals surface area (Å²) in [6.07, 6.45) is 10.4.